The predicted molar refractivity (Wildman–Crippen MR) is 50.1 cm³/mol. The van der Waals surface area contributed by atoms with Crippen molar-refractivity contribution in [3.8, 4) is 0 Å². The lowest BCUT2D eigenvalue weighted by Gasteiger charge is -1.97. The van der Waals surface area contributed by atoms with Crippen LogP contribution in [0.4, 0.5) is 0 Å². The van der Waals surface area contributed by atoms with Gasteiger partial charge in [0.1, 0.15) is 11.5 Å². The van der Waals surface area contributed by atoms with Crippen molar-refractivity contribution in [2.24, 2.45) is 10.7 Å². The molecule has 0 aliphatic heterocycles. The van der Waals surface area contributed by atoms with Gasteiger partial charge in [-0.2, -0.15) is 0 Å². The molecule has 3 heteroatoms. The van der Waals surface area contributed by atoms with E-state index < -0.39 is 0 Å². The van der Waals surface area contributed by atoms with E-state index in [4.69, 9.17) is 5.73 Å². The second-order valence-electron chi connectivity index (χ2n) is 2.48. The maximum Gasteiger partial charge on any atom is 0.144 e. The molecule has 1 rings (SSSR count). The fraction of sp³-hybridized carbons (Fsp3) is 0.333. The van der Waals surface area contributed by atoms with Gasteiger partial charge in [0.15, 0.2) is 0 Å². The molecule has 0 aliphatic rings. The number of nitrogens with zero attached hydrogens (tertiary/aromatic N) is 2. The summed E-state index contributed by atoms with van der Waals surface area (Å²) in [5.41, 5.74) is 6.42. The summed E-state index contributed by atoms with van der Waals surface area (Å²) in [6, 6.07) is 5.61. The molecule has 0 aromatic carbocycles. The third kappa shape index (κ3) is 2.34. The average molecular weight is 163 g/mol. The SMILES string of the molecule is CCCN=C(N)c1ccccn1. The van der Waals surface area contributed by atoms with Gasteiger partial charge in [0.25, 0.3) is 0 Å². The van der Waals surface area contributed by atoms with E-state index in [1.54, 1.807) is 6.20 Å². The van der Waals surface area contributed by atoms with E-state index in [2.05, 4.69) is 16.9 Å². The first-order valence-corrected chi connectivity index (χ1v) is 4.06. The van der Waals surface area contributed by atoms with E-state index >= 15 is 0 Å². The van der Waals surface area contributed by atoms with Crippen LogP contribution < -0.4 is 5.73 Å². The van der Waals surface area contributed by atoms with Crippen molar-refractivity contribution in [3.63, 3.8) is 0 Å². The van der Waals surface area contributed by atoms with Gasteiger partial charge in [-0.1, -0.05) is 13.0 Å². The molecule has 0 saturated carbocycles. The summed E-state index contributed by atoms with van der Waals surface area (Å²) in [7, 11) is 0. The van der Waals surface area contributed by atoms with Gasteiger partial charge in [-0.25, -0.2) is 0 Å². The van der Waals surface area contributed by atoms with E-state index in [1.807, 2.05) is 18.2 Å². The van der Waals surface area contributed by atoms with Crippen LogP contribution in [0.2, 0.25) is 0 Å². The zero-order chi connectivity index (χ0) is 8.81. The Morgan fingerprint density at radius 3 is 3.00 bits per heavy atom. The third-order valence-electron chi connectivity index (χ3n) is 1.43. The number of hydrogen-bond donors (Lipinski definition) is 1. The maximum absolute atomic E-state index is 5.67. The molecule has 0 amide bonds. The van der Waals surface area contributed by atoms with Crippen LogP contribution in [0.15, 0.2) is 29.4 Å². The monoisotopic (exact) mass is 163 g/mol. The van der Waals surface area contributed by atoms with E-state index in [0.29, 0.717) is 5.84 Å². The molecule has 3 nitrogen and oxygen atoms in total. The van der Waals surface area contributed by atoms with Crippen LogP contribution in [0.25, 0.3) is 0 Å². The number of nitrogens with two attached hydrogens (primary N) is 1. The number of hydrogen-bond acceptors (Lipinski definition) is 2. The average Bonchev–Trinajstić information content (AvgIpc) is 2.15. The molecule has 1 heterocycles. The summed E-state index contributed by atoms with van der Waals surface area (Å²) in [6.45, 7) is 2.83. The summed E-state index contributed by atoms with van der Waals surface area (Å²) in [5, 5.41) is 0. The van der Waals surface area contributed by atoms with Crippen molar-refractivity contribution in [2.45, 2.75) is 13.3 Å². The van der Waals surface area contributed by atoms with Crippen molar-refractivity contribution in [1.82, 2.24) is 4.98 Å². The third-order valence-corrected chi connectivity index (χ3v) is 1.43. The first kappa shape index (κ1) is 8.71. The number of pyridine rings is 1. The quantitative estimate of drug-likeness (QED) is 0.537. The Morgan fingerprint density at radius 1 is 1.58 bits per heavy atom. The lowest BCUT2D eigenvalue weighted by Crippen LogP contribution is -2.15. The zero-order valence-electron chi connectivity index (χ0n) is 7.20. The standard InChI is InChI=1S/C9H13N3/c1-2-6-12-9(10)8-5-3-4-7-11-8/h3-5,7H,2,6H2,1H3,(H2,10,12). The summed E-state index contributed by atoms with van der Waals surface area (Å²) >= 11 is 0. The van der Waals surface area contributed by atoms with Crippen LogP contribution in [0.3, 0.4) is 0 Å². The van der Waals surface area contributed by atoms with Crippen LogP contribution >= 0.6 is 0 Å². The van der Waals surface area contributed by atoms with Gasteiger partial charge in [-0.15, -0.1) is 0 Å². The van der Waals surface area contributed by atoms with Gasteiger partial charge in [-0.05, 0) is 18.6 Å². The molecule has 0 aliphatic carbocycles. The Balaban J connectivity index is 2.71. The van der Waals surface area contributed by atoms with Crippen LogP contribution in [-0.2, 0) is 0 Å². The molecule has 0 atom stereocenters. The van der Waals surface area contributed by atoms with Crippen LogP contribution in [0.1, 0.15) is 19.0 Å². The fourth-order valence-corrected chi connectivity index (χ4v) is 0.828. The molecule has 64 valence electrons. The minimum Gasteiger partial charge on any atom is -0.382 e. The molecular formula is C9H13N3. The van der Waals surface area contributed by atoms with Crippen molar-refractivity contribution in [1.29, 1.82) is 0 Å². The number of rotatable bonds is 3. The van der Waals surface area contributed by atoms with Crippen molar-refractivity contribution >= 4 is 5.84 Å². The van der Waals surface area contributed by atoms with Crippen LogP contribution in [0.5, 0.6) is 0 Å². The molecule has 1 aromatic heterocycles. The second-order valence-corrected chi connectivity index (χ2v) is 2.48. The highest BCUT2D eigenvalue weighted by Gasteiger charge is 1.95. The van der Waals surface area contributed by atoms with E-state index in [1.165, 1.54) is 0 Å². The first-order valence-electron chi connectivity index (χ1n) is 4.06. The molecule has 12 heavy (non-hydrogen) atoms. The highest BCUT2D eigenvalue weighted by Crippen LogP contribution is 1.92. The number of amidine groups is 1. The maximum atomic E-state index is 5.67. The summed E-state index contributed by atoms with van der Waals surface area (Å²) in [6.07, 6.45) is 2.72. The molecule has 1 aromatic rings. The number of aromatic nitrogens is 1. The Kier molecular flexibility index (Phi) is 3.26. The molecule has 0 bridgehead atoms. The smallest absolute Gasteiger partial charge is 0.144 e. The molecule has 0 spiro atoms. The van der Waals surface area contributed by atoms with Crippen LogP contribution in [-0.4, -0.2) is 17.4 Å². The Bertz CT molecular complexity index is 254. The predicted octanol–water partition coefficient (Wildman–Crippen LogP) is 1.20. The highest BCUT2D eigenvalue weighted by atomic mass is 14.9. The highest BCUT2D eigenvalue weighted by molar-refractivity contribution is 5.95. The fourth-order valence-electron chi connectivity index (χ4n) is 0.828. The molecular weight excluding hydrogens is 150 g/mol. The Hall–Kier alpha value is -1.38. The second kappa shape index (κ2) is 4.49. The molecule has 0 saturated heterocycles. The van der Waals surface area contributed by atoms with Gasteiger partial charge >= 0.3 is 0 Å². The zero-order valence-corrected chi connectivity index (χ0v) is 7.20. The topological polar surface area (TPSA) is 51.3 Å². The van der Waals surface area contributed by atoms with Crippen LogP contribution in [0, 0.1) is 0 Å². The van der Waals surface area contributed by atoms with Gasteiger partial charge in [0.05, 0.1) is 0 Å². The molecule has 0 fully saturated rings. The number of aliphatic imine (C=N–C) groups is 1. The van der Waals surface area contributed by atoms with Gasteiger partial charge in [-0.3, -0.25) is 9.98 Å². The van der Waals surface area contributed by atoms with E-state index in [9.17, 15) is 0 Å². The normalized spacial score (nSPS) is 11.6. The van der Waals surface area contributed by atoms with Gasteiger partial charge < -0.3 is 5.73 Å². The van der Waals surface area contributed by atoms with Gasteiger partial charge in [0, 0.05) is 12.7 Å². The minimum atomic E-state index is 0.525. The molecule has 2 N–H and O–H groups in total. The molecule has 0 unspecified atom stereocenters. The summed E-state index contributed by atoms with van der Waals surface area (Å²) < 4.78 is 0. The summed E-state index contributed by atoms with van der Waals surface area (Å²) in [4.78, 5) is 8.22. The minimum absolute atomic E-state index is 0.525. The lowest BCUT2D eigenvalue weighted by molar-refractivity contribution is 0.929. The molecule has 0 radical (unpaired) electrons. The van der Waals surface area contributed by atoms with E-state index in [-0.39, 0.29) is 0 Å². The van der Waals surface area contributed by atoms with Crippen molar-refractivity contribution < 1.29 is 0 Å². The van der Waals surface area contributed by atoms with Crippen molar-refractivity contribution in [2.75, 3.05) is 6.54 Å². The van der Waals surface area contributed by atoms with Gasteiger partial charge in [0.2, 0.25) is 0 Å². The summed E-state index contributed by atoms with van der Waals surface area (Å²) in [5.74, 6) is 0.525. The lowest BCUT2D eigenvalue weighted by atomic mass is 10.3. The Labute approximate surface area is 72.3 Å². The largest absolute Gasteiger partial charge is 0.382 e. The van der Waals surface area contributed by atoms with E-state index in [0.717, 1.165) is 18.7 Å². The Morgan fingerprint density at radius 2 is 2.42 bits per heavy atom. The first-order chi connectivity index (χ1) is 5.84. The van der Waals surface area contributed by atoms with Crippen molar-refractivity contribution in [3.05, 3.63) is 30.1 Å².